The van der Waals surface area contributed by atoms with E-state index in [1.807, 2.05) is 0 Å². The lowest BCUT2D eigenvalue weighted by Crippen LogP contribution is -2.46. The van der Waals surface area contributed by atoms with Crippen molar-refractivity contribution in [2.24, 2.45) is 11.8 Å². The number of hydrogen-bond donors (Lipinski definition) is 1. The van der Waals surface area contributed by atoms with Crippen LogP contribution in [-0.4, -0.2) is 12.6 Å². The molecule has 1 aliphatic heterocycles. The van der Waals surface area contributed by atoms with Gasteiger partial charge in [0, 0.05) is 6.04 Å². The minimum atomic E-state index is 0.890. The van der Waals surface area contributed by atoms with Crippen LogP contribution in [0.15, 0.2) is 0 Å². The highest BCUT2D eigenvalue weighted by Crippen LogP contribution is 2.33. The summed E-state index contributed by atoms with van der Waals surface area (Å²) in [5.74, 6) is 2.00. The molecule has 1 saturated carbocycles. The standard InChI is InChI=1S/C11H21N/c1-2-9-7-10-5-3-4-6-11(10)12-8-9/h9-12H,2-8H2,1H3/t9?,10-,11+/m1/s1. The molecule has 2 fully saturated rings. The Morgan fingerprint density at radius 1 is 1.25 bits per heavy atom. The second-order valence-corrected chi connectivity index (χ2v) is 4.57. The Bertz CT molecular complexity index is 144. The molecule has 0 aromatic heterocycles. The van der Waals surface area contributed by atoms with Crippen LogP contribution in [0.25, 0.3) is 0 Å². The van der Waals surface area contributed by atoms with E-state index in [1.165, 1.54) is 45.1 Å². The fourth-order valence-electron chi connectivity index (χ4n) is 2.90. The fraction of sp³-hybridized carbons (Fsp3) is 1.00. The van der Waals surface area contributed by atoms with Gasteiger partial charge in [0.2, 0.25) is 0 Å². The number of hydrogen-bond acceptors (Lipinski definition) is 1. The summed E-state index contributed by atoms with van der Waals surface area (Å²) in [6.07, 6.45) is 8.77. The molecule has 1 heteroatoms. The Labute approximate surface area is 75.9 Å². The summed E-state index contributed by atoms with van der Waals surface area (Å²) in [6, 6.07) is 0.890. The zero-order chi connectivity index (χ0) is 8.39. The van der Waals surface area contributed by atoms with Crippen LogP contribution in [-0.2, 0) is 0 Å². The first kappa shape index (κ1) is 8.55. The highest BCUT2D eigenvalue weighted by molar-refractivity contribution is 4.87. The monoisotopic (exact) mass is 167 g/mol. The molecule has 0 amide bonds. The van der Waals surface area contributed by atoms with Gasteiger partial charge in [0.1, 0.15) is 0 Å². The average molecular weight is 167 g/mol. The van der Waals surface area contributed by atoms with E-state index in [1.54, 1.807) is 0 Å². The van der Waals surface area contributed by atoms with Crippen molar-refractivity contribution in [2.45, 2.75) is 51.5 Å². The van der Waals surface area contributed by atoms with Crippen molar-refractivity contribution in [3.63, 3.8) is 0 Å². The van der Waals surface area contributed by atoms with Crippen molar-refractivity contribution in [1.29, 1.82) is 0 Å². The summed E-state index contributed by atoms with van der Waals surface area (Å²) < 4.78 is 0. The minimum Gasteiger partial charge on any atom is -0.313 e. The first-order valence-electron chi connectivity index (χ1n) is 5.63. The van der Waals surface area contributed by atoms with Gasteiger partial charge in [-0.1, -0.05) is 26.2 Å². The van der Waals surface area contributed by atoms with Gasteiger partial charge in [-0.05, 0) is 37.6 Å². The van der Waals surface area contributed by atoms with Gasteiger partial charge >= 0.3 is 0 Å². The highest BCUT2D eigenvalue weighted by Gasteiger charge is 2.30. The smallest absolute Gasteiger partial charge is 0.00955 e. The largest absolute Gasteiger partial charge is 0.313 e. The number of rotatable bonds is 1. The molecule has 0 aromatic rings. The minimum absolute atomic E-state index is 0.890. The van der Waals surface area contributed by atoms with Gasteiger partial charge < -0.3 is 5.32 Å². The van der Waals surface area contributed by atoms with Gasteiger partial charge in [0.25, 0.3) is 0 Å². The highest BCUT2D eigenvalue weighted by atomic mass is 14.9. The summed E-state index contributed by atoms with van der Waals surface area (Å²) in [6.45, 7) is 3.62. The average Bonchev–Trinajstić information content (AvgIpc) is 2.17. The van der Waals surface area contributed by atoms with Crippen molar-refractivity contribution in [3.05, 3.63) is 0 Å². The van der Waals surface area contributed by atoms with E-state index in [-0.39, 0.29) is 0 Å². The Hall–Kier alpha value is -0.0400. The lowest BCUT2D eigenvalue weighted by atomic mass is 9.75. The third-order valence-corrected chi connectivity index (χ3v) is 3.79. The SMILES string of the molecule is CCC1CN[C@H]2CCCC[C@@H]2C1. The molecule has 1 N–H and O–H groups in total. The quantitative estimate of drug-likeness (QED) is 0.633. The van der Waals surface area contributed by atoms with Crippen molar-refractivity contribution >= 4 is 0 Å². The van der Waals surface area contributed by atoms with Crippen LogP contribution < -0.4 is 5.32 Å². The first-order valence-corrected chi connectivity index (χ1v) is 5.63. The zero-order valence-corrected chi connectivity index (χ0v) is 8.18. The maximum atomic E-state index is 3.72. The second kappa shape index (κ2) is 3.78. The molecule has 0 aromatic carbocycles. The van der Waals surface area contributed by atoms with Gasteiger partial charge in [-0.15, -0.1) is 0 Å². The molecule has 0 spiro atoms. The molecule has 1 unspecified atom stereocenters. The van der Waals surface area contributed by atoms with Gasteiger partial charge in [0.05, 0.1) is 0 Å². The van der Waals surface area contributed by atoms with Crippen LogP contribution in [0, 0.1) is 11.8 Å². The maximum Gasteiger partial charge on any atom is 0.00955 e. The second-order valence-electron chi connectivity index (χ2n) is 4.57. The van der Waals surface area contributed by atoms with E-state index in [0.717, 1.165) is 17.9 Å². The van der Waals surface area contributed by atoms with Gasteiger partial charge in [0.15, 0.2) is 0 Å². The molecule has 1 nitrogen and oxygen atoms in total. The van der Waals surface area contributed by atoms with E-state index in [9.17, 15) is 0 Å². The van der Waals surface area contributed by atoms with E-state index >= 15 is 0 Å². The van der Waals surface area contributed by atoms with E-state index < -0.39 is 0 Å². The Balaban J connectivity index is 1.90. The third kappa shape index (κ3) is 1.66. The molecular formula is C11H21N. The summed E-state index contributed by atoms with van der Waals surface area (Å²) in [7, 11) is 0. The molecular weight excluding hydrogens is 146 g/mol. The van der Waals surface area contributed by atoms with Gasteiger partial charge in [-0.2, -0.15) is 0 Å². The Morgan fingerprint density at radius 3 is 2.92 bits per heavy atom. The van der Waals surface area contributed by atoms with Crippen LogP contribution in [0.5, 0.6) is 0 Å². The summed E-state index contributed by atoms with van der Waals surface area (Å²) >= 11 is 0. The van der Waals surface area contributed by atoms with Crippen LogP contribution in [0.2, 0.25) is 0 Å². The number of nitrogens with one attached hydrogen (secondary N) is 1. The molecule has 2 rings (SSSR count). The molecule has 0 radical (unpaired) electrons. The van der Waals surface area contributed by atoms with Crippen molar-refractivity contribution < 1.29 is 0 Å². The summed E-state index contributed by atoms with van der Waals surface area (Å²) in [5.41, 5.74) is 0. The summed E-state index contributed by atoms with van der Waals surface area (Å²) in [5, 5.41) is 3.72. The fourth-order valence-corrected chi connectivity index (χ4v) is 2.90. The predicted molar refractivity (Wildman–Crippen MR) is 52.1 cm³/mol. The summed E-state index contributed by atoms with van der Waals surface area (Å²) in [4.78, 5) is 0. The lowest BCUT2D eigenvalue weighted by Gasteiger charge is -2.40. The van der Waals surface area contributed by atoms with Gasteiger partial charge in [-0.25, -0.2) is 0 Å². The van der Waals surface area contributed by atoms with E-state index in [4.69, 9.17) is 0 Å². The van der Waals surface area contributed by atoms with E-state index in [0.29, 0.717) is 0 Å². The molecule has 12 heavy (non-hydrogen) atoms. The van der Waals surface area contributed by atoms with Crippen LogP contribution in [0.1, 0.15) is 45.4 Å². The van der Waals surface area contributed by atoms with Crippen LogP contribution in [0.3, 0.4) is 0 Å². The number of fused-ring (bicyclic) bond motifs is 1. The third-order valence-electron chi connectivity index (χ3n) is 3.79. The topological polar surface area (TPSA) is 12.0 Å². The Morgan fingerprint density at radius 2 is 2.08 bits per heavy atom. The Kier molecular flexibility index (Phi) is 2.69. The maximum absolute atomic E-state index is 3.72. The number of piperidine rings is 1. The zero-order valence-electron chi connectivity index (χ0n) is 8.18. The van der Waals surface area contributed by atoms with Crippen molar-refractivity contribution in [2.75, 3.05) is 6.54 Å². The van der Waals surface area contributed by atoms with E-state index in [2.05, 4.69) is 12.2 Å². The normalized spacial score (nSPS) is 42.2. The predicted octanol–water partition coefficient (Wildman–Crippen LogP) is 2.56. The molecule has 1 heterocycles. The van der Waals surface area contributed by atoms with Crippen molar-refractivity contribution in [1.82, 2.24) is 5.32 Å². The molecule has 3 atom stereocenters. The molecule has 1 saturated heterocycles. The van der Waals surface area contributed by atoms with Crippen LogP contribution >= 0.6 is 0 Å². The van der Waals surface area contributed by atoms with Crippen LogP contribution in [0.4, 0.5) is 0 Å². The van der Waals surface area contributed by atoms with Crippen molar-refractivity contribution in [3.8, 4) is 0 Å². The first-order chi connectivity index (χ1) is 5.90. The molecule has 0 bridgehead atoms. The molecule has 70 valence electrons. The molecule has 1 aliphatic carbocycles. The lowest BCUT2D eigenvalue weighted by molar-refractivity contribution is 0.164. The van der Waals surface area contributed by atoms with Gasteiger partial charge in [-0.3, -0.25) is 0 Å². The molecule has 2 aliphatic rings.